The molecule has 4 atom stereocenters. The minimum absolute atomic E-state index is 0.356. The van der Waals surface area contributed by atoms with Crippen LogP contribution in [0, 0.1) is 0 Å². The molecule has 2 fully saturated rings. The Morgan fingerprint density at radius 2 is 1.81 bits per heavy atom. The van der Waals surface area contributed by atoms with E-state index >= 15 is 0 Å². The third-order valence-electron chi connectivity index (χ3n) is 5.60. The van der Waals surface area contributed by atoms with Gasteiger partial charge in [0.15, 0.2) is 0 Å². The fraction of sp³-hybridized carbons (Fsp3) is 0.667. The molecular weight excluding hydrogens is 258 g/mol. The summed E-state index contributed by atoms with van der Waals surface area (Å²) in [6.45, 7) is 8.22. The van der Waals surface area contributed by atoms with Crippen LogP contribution in [0.25, 0.3) is 0 Å². The Morgan fingerprint density at radius 3 is 2.57 bits per heavy atom. The van der Waals surface area contributed by atoms with Crippen LogP contribution in [0.3, 0.4) is 0 Å². The number of benzene rings is 1. The van der Waals surface area contributed by atoms with Crippen LogP contribution in [0.2, 0.25) is 0 Å². The second kappa shape index (κ2) is 6.47. The van der Waals surface area contributed by atoms with Crippen molar-refractivity contribution in [1.29, 1.82) is 0 Å². The van der Waals surface area contributed by atoms with E-state index in [4.69, 9.17) is 5.73 Å². The van der Waals surface area contributed by atoms with Crippen molar-refractivity contribution in [1.82, 2.24) is 9.80 Å². The number of hydrogen-bond donors (Lipinski definition) is 1. The lowest BCUT2D eigenvalue weighted by atomic mass is 9.94. The zero-order chi connectivity index (χ0) is 14.8. The van der Waals surface area contributed by atoms with Crippen molar-refractivity contribution in [3.8, 4) is 0 Å². The molecule has 0 saturated carbocycles. The average molecular weight is 287 g/mol. The molecule has 21 heavy (non-hydrogen) atoms. The van der Waals surface area contributed by atoms with Crippen LogP contribution in [0.5, 0.6) is 0 Å². The van der Waals surface area contributed by atoms with Crippen molar-refractivity contribution in [3.63, 3.8) is 0 Å². The highest BCUT2D eigenvalue weighted by atomic mass is 15.3. The summed E-state index contributed by atoms with van der Waals surface area (Å²) in [5.41, 5.74) is 7.71. The summed E-state index contributed by atoms with van der Waals surface area (Å²) >= 11 is 0. The number of piperidine rings is 1. The molecule has 0 amide bonds. The van der Waals surface area contributed by atoms with Crippen molar-refractivity contribution >= 4 is 0 Å². The first kappa shape index (κ1) is 15.0. The van der Waals surface area contributed by atoms with Gasteiger partial charge in [-0.15, -0.1) is 0 Å². The van der Waals surface area contributed by atoms with Crippen LogP contribution in [0.15, 0.2) is 30.3 Å². The van der Waals surface area contributed by atoms with Crippen LogP contribution in [0.4, 0.5) is 0 Å². The number of nitrogens with two attached hydrogens (primary N) is 1. The molecule has 3 heteroatoms. The molecule has 2 unspecified atom stereocenters. The Kier molecular flexibility index (Phi) is 4.63. The summed E-state index contributed by atoms with van der Waals surface area (Å²) in [6, 6.07) is 13.0. The second-order valence-corrected chi connectivity index (χ2v) is 6.84. The van der Waals surface area contributed by atoms with Crippen molar-refractivity contribution in [2.75, 3.05) is 13.1 Å². The SMILES string of the molecule is CC1C(N2CCC[C@@H](N)[C@H]2C)CCN1Cc1ccccc1. The van der Waals surface area contributed by atoms with Crippen LogP contribution in [-0.2, 0) is 6.54 Å². The summed E-state index contributed by atoms with van der Waals surface area (Å²) in [5, 5.41) is 0. The van der Waals surface area contributed by atoms with Gasteiger partial charge in [0.25, 0.3) is 0 Å². The van der Waals surface area contributed by atoms with Gasteiger partial charge in [-0.05, 0) is 45.2 Å². The Bertz CT molecular complexity index is 447. The standard InChI is InChI=1S/C18H29N3/c1-14-17(19)9-6-11-21(14)18-10-12-20(15(18)2)13-16-7-4-3-5-8-16/h3-5,7-8,14-15,17-18H,6,9-13,19H2,1-2H3/t14-,15?,17-,18?/m1/s1. The normalized spacial score (nSPS) is 35.2. The van der Waals surface area contributed by atoms with Gasteiger partial charge < -0.3 is 5.73 Å². The predicted molar refractivity (Wildman–Crippen MR) is 88.1 cm³/mol. The lowest BCUT2D eigenvalue weighted by Crippen LogP contribution is -2.56. The Morgan fingerprint density at radius 1 is 1.05 bits per heavy atom. The molecule has 116 valence electrons. The molecule has 3 rings (SSSR count). The lowest BCUT2D eigenvalue weighted by Gasteiger charge is -2.43. The molecule has 0 bridgehead atoms. The van der Waals surface area contributed by atoms with E-state index in [9.17, 15) is 0 Å². The predicted octanol–water partition coefficient (Wildman–Crippen LogP) is 2.46. The van der Waals surface area contributed by atoms with Gasteiger partial charge in [-0.25, -0.2) is 0 Å². The summed E-state index contributed by atoms with van der Waals surface area (Å²) in [4.78, 5) is 5.32. The summed E-state index contributed by atoms with van der Waals surface area (Å²) in [7, 11) is 0. The summed E-state index contributed by atoms with van der Waals surface area (Å²) < 4.78 is 0. The van der Waals surface area contributed by atoms with Gasteiger partial charge in [-0.3, -0.25) is 9.80 Å². The van der Waals surface area contributed by atoms with E-state index in [1.807, 2.05) is 0 Å². The number of rotatable bonds is 3. The second-order valence-electron chi connectivity index (χ2n) is 6.84. The molecule has 2 heterocycles. The minimum atomic E-state index is 0.356. The van der Waals surface area contributed by atoms with Gasteiger partial charge in [0.1, 0.15) is 0 Å². The zero-order valence-corrected chi connectivity index (χ0v) is 13.4. The maximum Gasteiger partial charge on any atom is 0.0264 e. The highest BCUT2D eigenvalue weighted by molar-refractivity contribution is 5.15. The third-order valence-corrected chi connectivity index (χ3v) is 5.60. The van der Waals surface area contributed by atoms with Gasteiger partial charge in [0.2, 0.25) is 0 Å². The van der Waals surface area contributed by atoms with Gasteiger partial charge in [0, 0.05) is 37.3 Å². The average Bonchev–Trinajstić information content (AvgIpc) is 2.84. The molecule has 3 nitrogen and oxygen atoms in total. The molecule has 0 radical (unpaired) electrons. The molecule has 0 spiro atoms. The lowest BCUT2D eigenvalue weighted by molar-refractivity contribution is 0.0696. The van der Waals surface area contributed by atoms with Crippen molar-refractivity contribution in [2.45, 2.75) is 63.8 Å². The van der Waals surface area contributed by atoms with Gasteiger partial charge in [-0.2, -0.15) is 0 Å². The molecular formula is C18H29N3. The first-order chi connectivity index (χ1) is 10.2. The van der Waals surface area contributed by atoms with E-state index in [1.165, 1.54) is 37.9 Å². The number of hydrogen-bond acceptors (Lipinski definition) is 3. The van der Waals surface area contributed by atoms with Crippen molar-refractivity contribution < 1.29 is 0 Å². The van der Waals surface area contributed by atoms with Crippen molar-refractivity contribution in [3.05, 3.63) is 35.9 Å². The largest absolute Gasteiger partial charge is 0.326 e. The minimum Gasteiger partial charge on any atom is -0.326 e. The summed E-state index contributed by atoms with van der Waals surface area (Å²) in [6.07, 6.45) is 3.73. The maximum absolute atomic E-state index is 6.28. The molecule has 0 aliphatic carbocycles. The zero-order valence-electron chi connectivity index (χ0n) is 13.4. The van der Waals surface area contributed by atoms with Gasteiger partial charge in [-0.1, -0.05) is 30.3 Å². The van der Waals surface area contributed by atoms with E-state index in [0.29, 0.717) is 24.2 Å². The molecule has 1 aromatic rings. The van der Waals surface area contributed by atoms with Crippen molar-refractivity contribution in [2.24, 2.45) is 5.73 Å². The monoisotopic (exact) mass is 287 g/mol. The molecule has 1 aromatic carbocycles. The highest BCUT2D eigenvalue weighted by Gasteiger charge is 2.38. The van der Waals surface area contributed by atoms with E-state index < -0.39 is 0 Å². The van der Waals surface area contributed by atoms with Gasteiger partial charge in [0.05, 0.1) is 0 Å². The van der Waals surface area contributed by atoms with Crippen LogP contribution in [-0.4, -0.2) is 47.1 Å². The molecule has 2 aliphatic rings. The quantitative estimate of drug-likeness (QED) is 0.927. The highest BCUT2D eigenvalue weighted by Crippen LogP contribution is 2.29. The molecule has 2 N–H and O–H groups in total. The first-order valence-electron chi connectivity index (χ1n) is 8.46. The summed E-state index contributed by atoms with van der Waals surface area (Å²) in [5.74, 6) is 0. The smallest absolute Gasteiger partial charge is 0.0264 e. The first-order valence-corrected chi connectivity index (χ1v) is 8.46. The molecule has 2 saturated heterocycles. The number of likely N-dealkylation sites (tertiary alicyclic amines) is 2. The molecule has 0 aromatic heterocycles. The fourth-order valence-corrected chi connectivity index (χ4v) is 4.14. The van der Waals surface area contributed by atoms with E-state index in [1.54, 1.807) is 0 Å². The van der Waals surface area contributed by atoms with E-state index in [-0.39, 0.29) is 0 Å². The molecule has 2 aliphatic heterocycles. The van der Waals surface area contributed by atoms with Crippen LogP contribution >= 0.6 is 0 Å². The van der Waals surface area contributed by atoms with Crippen LogP contribution < -0.4 is 5.73 Å². The Labute approximate surface area is 129 Å². The third kappa shape index (κ3) is 3.15. The maximum atomic E-state index is 6.28. The van der Waals surface area contributed by atoms with E-state index in [2.05, 4.69) is 54.0 Å². The Hall–Kier alpha value is -0.900. The topological polar surface area (TPSA) is 32.5 Å². The fourth-order valence-electron chi connectivity index (χ4n) is 4.14. The Balaban J connectivity index is 1.64. The van der Waals surface area contributed by atoms with E-state index in [0.717, 1.165) is 6.54 Å². The van der Waals surface area contributed by atoms with Crippen LogP contribution in [0.1, 0.15) is 38.7 Å². The van der Waals surface area contributed by atoms with Gasteiger partial charge >= 0.3 is 0 Å². The number of nitrogens with zero attached hydrogens (tertiary/aromatic N) is 2.